The third-order valence-electron chi connectivity index (χ3n) is 4.84. The Kier molecular flexibility index (Phi) is 9.54. The standard InChI is InChI=1S/C25H22BrCl2N3O4/c1-15(30-25(33)16-4-8-21(34-2)9-5-16)24(32)31-29-13-18-11-19(26)6-10-23(18)35-14-17-3-7-20(27)12-22(17)28/h3-13,15H,14H2,1-2H3,(H,30,33)(H,31,32). The second-order valence-corrected chi connectivity index (χ2v) is 9.12. The fourth-order valence-corrected chi connectivity index (χ4v) is 3.74. The number of carbonyl (C=O) groups excluding carboxylic acids is 2. The minimum Gasteiger partial charge on any atom is -0.497 e. The maximum atomic E-state index is 12.4. The van der Waals surface area contributed by atoms with Gasteiger partial charge >= 0.3 is 0 Å². The van der Waals surface area contributed by atoms with Gasteiger partial charge in [0.05, 0.1) is 13.3 Å². The smallest absolute Gasteiger partial charge is 0.262 e. The van der Waals surface area contributed by atoms with Gasteiger partial charge in [-0.1, -0.05) is 45.2 Å². The number of nitrogens with zero attached hydrogens (tertiary/aromatic N) is 1. The Hall–Kier alpha value is -3.07. The van der Waals surface area contributed by atoms with Gasteiger partial charge in [-0.3, -0.25) is 9.59 Å². The summed E-state index contributed by atoms with van der Waals surface area (Å²) in [5.41, 5.74) is 4.24. The number of amides is 2. The van der Waals surface area contributed by atoms with Crippen molar-refractivity contribution < 1.29 is 19.1 Å². The maximum absolute atomic E-state index is 12.4. The maximum Gasteiger partial charge on any atom is 0.262 e. The van der Waals surface area contributed by atoms with Crippen LogP contribution in [0.15, 0.2) is 70.2 Å². The molecule has 1 atom stereocenters. The number of carbonyl (C=O) groups is 2. The molecule has 2 amide bonds. The molecule has 0 saturated heterocycles. The summed E-state index contributed by atoms with van der Waals surface area (Å²) in [6.45, 7) is 1.79. The number of benzene rings is 3. The molecule has 7 nitrogen and oxygen atoms in total. The quantitative estimate of drug-likeness (QED) is 0.255. The lowest BCUT2D eigenvalue weighted by Crippen LogP contribution is -2.43. The van der Waals surface area contributed by atoms with Crippen molar-refractivity contribution in [3.63, 3.8) is 0 Å². The predicted octanol–water partition coefficient (Wildman–Crippen LogP) is 5.61. The topological polar surface area (TPSA) is 89.0 Å². The zero-order valence-corrected chi connectivity index (χ0v) is 21.9. The molecule has 182 valence electrons. The van der Waals surface area contributed by atoms with Crippen molar-refractivity contribution in [2.24, 2.45) is 5.10 Å². The number of hydrogen-bond donors (Lipinski definition) is 2. The first-order valence-corrected chi connectivity index (χ1v) is 12.0. The predicted molar refractivity (Wildman–Crippen MR) is 141 cm³/mol. The fourth-order valence-electron chi connectivity index (χ4n) is 2.90. The number of nitrogens with one attached hydrogen (secondary N) is 2. The molecule has 0 radical (unpaired) electrons. The van der Waals surface area contributed by atoms with Crippen LogP contribution in [0.25, 0.3) is 0 Å². The molecule has 0 bridgehead atoms. The molecule has 0 heterocycles. The van der Waals surface area contributed by atoms with E-state index in [4.69, 9.17) is 32.7 Å². The molecule has 0 aliphatic rings. The number of rotatable bonds is 9. The largest absolute Gasteiger partial charge is 0.497 e. The molecule has 3 rings (SSSR count). The molecule has 10 heteroatoms. The number of methoxy groups -OCH3 is 1. The molecule has 0 fully saturated rings. The molecule has 3 aromatic rings. The van der Waals surface area contributed by atoms with Crippen LogP contribution in [0.5, 0.6) is 11.5 Å². The lowest BCUT2D eigenvalue weighted by atomic mass is 10.2. The highest BCUT2D eigenvalue weighted by molar-refractivity contribution is 9.10. The fraction of sp³-hybridized carbons (Fsp3) is 0.160. The Morgan fingerprint density at radius 1 is 1.09 bits per heavy atom. The van der Waals surface area contributed by atoms with Crippen LogP contribution in [0.2, 0.25) is 10.0 Å². The van der Waals surface area contributed by atoms with Gasteiger partial charge < -0.3 is 14.8 Å². The summed E-state index contributed by atoms with van der Waals surface area (Å²) in [4.78, 5) is 24.8. The van der Waals surface area contributed by atoms with Crippen LogP contribution in [0.4, 0.5) is 0 Å². The Labute approximate surface area is 221 Å². The zero-order valence-electron chi connectivity index (χ0n) is 18.8. The summed E-state index contributed by atoms with van der Waals surface area (Å²) < 4.78 is 11.8. The van der Waals surface area contributed by atoms with E-state index in [1.54, 1.807) is 68.6 Å². The van der Waals surface area contributed by atoms with Gasteiger partial charge in [0.2, 0.25) is 0 Å². The molecule has 0 aliphatic heterocycles. The highest BCUT2D eigenvalue weighted by Gasteiger charge is 2.16. The van der Waals surface area contributed by atoms with Gasteiger partial charge in [0, 0.05) is 31.2 Å². The van der Waals surface area contributed by atoms with Crippen LogP contribution in [0, 0.1) is 0 Å². The van der Waals surface area contributed by atoms with Crippen molar-refractivity contribution >= 4 is 57.2 Å². The number of hydrazone groups is 1. The minimum absolute atomic E-state index is 0.221. The van der Waals surface area contributed by atoms with Crippen molar-refractivity contribution in [3.05, 3.63) is 91.9 Å². The average Bonchev–Trinajstić information content (AvgIpc) is 2.84. The molecule has 0 aliphatic carbocycles. The SMILES string of the molecule is COc1ccc(C(=O)NC(C)C(=O)NN=Cc2cc(Br)ccc2OCc2ccc(Cl)cc2Cl)cc1. The Morgan fingerprint density at radius 2 is 1.83 bits per heavy atom. The van der Waals surface area contributed by atoms with E-state index >= 15 is 0 Å². The van der Waals surface area contributed by atoms with E-state index in [0.29, 0.717) is 32.7 Å². The van der Waals surface area contributed by atoms with Gasteiger partial charge in [0.15, 0.2) is 0 Å². The molecular formula is C25H22BrCl2N3O4. The van der Waals surface area contributed by atoms with Crippen LogP contribution in [0.1, 0.15) is 28.4 Å². The van der Waals surface area contributed by atoms with E-state index in [0.717, 1.165) is 10.0 Å². The lowest BCUT2D eigenvalue weighted by Gasteiger charge is -2.13. The van der Waals surface area contributed by atoms with E-state index in [2.05, 4.69) is 31.8 Å². The van der Waals surface area contributed by atoms with E-state index in [1.165, 1.54) is 6.21 Å². The first-order valence-electron chi connectivity index (χ1n) is 10.4. The average molecular weight is 579 g/mol. The van der Waals surface area contributed by atoms with Gasteiger partial charge in [0.25, 0.3) is 11.8 Å². The monoisotopic (exact) mass is 577 g/mol. The van der Waals surface area contributed by atoms with Crippen LogP contribution in [-0.2, 0) is 11.4 Å². The molecule has 0 aromatic heterocycles. The van der Waals surface area contributed by atoms with Crippen molar-refractivity contribution in [2.45, 2.75) is 19.6 Å². The van der Waals surface area contributed by atoms with Crippen molar-refractivity contribution in [1.82, 2.24) is 10.7 Å². The summed E-state index contributed by atoms with van der Waals surface area (Å²) >= 11 is 15.6. The summed E-state index contributed by atoms with van der Waals surface area (Å²) in [5.74, 6) is 0.309. The van der Waals surface area contributed by atoms with Crippen molar-refractivity contribution in [1.29, 1.82) is 0 Å². The lowest BCUT2D eigenvalue weighted by molar-refractivity contribution is -0.122. The summed E-state index contributed by atoms with van der Waals surface area (Å²) in [5, 5.41) is 7.69. The molecule has 3 aromatic carbocycles. The first kappa shape index (κ1) is 26.5. The zero-order chi connectivity index (χ0) is 25.4. The van der Waals surface area contributed by atoms with Crippen LogP contribution >= 0.6 is 39.1 Å². The summed E-state index contributed by atoms with van der Waals surface area (Å²) in [6.07, 6.45) is 1.46. The third-order valence-corrected chi connectivity index (χ3v) is 5.92. The molecule has 35 heavy (non-hydrogen) atoms. The molecule has 0 spiro atoms. The van der Waals surface area contributed by atoms with Crippen LogP contribution in [0.3, 0.4) is 0 Å². The molecule has 1 unspecified atom stereocenters. The van der Waals surface area contributed by atoms with Gasteiger partial charge in [-0.15, -0.1) is 0 Å². The molecule has 0 saturated carbocycles. The van der Waals surface area contributed by atoms with Gasteiger partial charge in [0.1, 0.15) is 24.1 Å². The normalized spacial score (nSPS) is 11.7. The van der Waals surface area contributed by atoms with Gasteiger partial charge in [-0.05, 0) is 61.5 Å². The summed E-state index contributed by atoms with van der Waals surface area (Å²) in [7, 11) is 1.54. The van der Waals surface area contributed by atoms with Crippen molar-refractivity contribution in [2.75, 3.05) is 7.11 Å². The van der Waals surface area contributed by atoms with Gasteiger partial charge in [-0.2, -0.15) is 5.10 Å². The molecule has 2 N–H and O–H groups in total. The highest BCUT2D eigenvalue weighted by Crippen LogP contribution is 2.26. The second kappa shape index (κ2) is 12.6. The molecular weight excluding hydrogens is 557 g/mol. The number of hydrogen-bond acceptors (Lipinski definition) is 5. The highest BCUT2D eigenvalue weighted by atomic mass is 79.9. The van der Waals surface area contributed by atoms with Gasteiger partial charge in [-0.25, -0.2) is 5.43 Å². The van der Waals surface area contributed by atoms with Crippen LogP contribution in [-0.4, -0.2) is 31.2 Å². The summed E-state index contributed by atoms with van der Waals surface area (Å²) in [6, 6.07) is 16.3. The number of ether oxygens (including phenoxy) is 2. The Morgan fingerprint density at radius 3 is 2.51 bits per heavy atom. The third kappa shape index (κ3) is 7.71. The Balaban J connectivity index is 1.59. The van der Waals surface area contributed by atoms with Crippen molar-refractivity contribution in [3.8, 4) is 11.5 Å². The first-order chi connectivity index (χ1) is 16.8. The van der Waals surface area contributed by atoms with E-state index in [-0.39, 0.29) is 12.5 Å². The van der Waals surface area contributed by atoms with E-state index < -0.39 is 11.9 Å². The Bertz CT molecular complexity index is 1240. The number of halogens is 3. The second-order valence-electron chi connectivity index (χ2n) is 7.36. The van der Waals surface area contributed by atoms with E-state index in [1.807, 2.05) is 6.07 Å². The van der Waals surface area contributed by atoms with Crippen LogP contribution < -0.4 is 20.2 Å². The minimum atomic E-state index is -0.813. The van der Waals surface area contributed by atoms with E-state index in [9.17, 15) is 9.59 Å².